The number of halogens is 1. The lowest BCUT2D eigenvalue weighted by Gasteiger charge is -2.31. The van der Waals surface area contributed by atoms with Crippen molar-refractivity contribution in [3.8, 4) is 17.1 Å². The minimum atomic E-state index is -4.04. The molecule has 2 N–H and O–H groups in total. The van der Waals surface area contributed by atoms with Crippen LogP contribution in [0, 0.1) is 5.82 Å². The van der Waals surface area contributed by atoms with Crippen LogP contribution in [0.3, 0.4) is 0 Å². The Labute approximate surface area is 195 Å². The van der Waals surface area contributed by atoms with E-state index in [0.29, 0.717) is 37.0 Å². The minimum absolute atomic E-state index is 0.0691. The molecule has 1 aliphatic rings. The van der Waals surface area contributed by atoms with Crippen molar-refractivity contribution in [2.75, 3.05) is 13.1 Å². The highest BCUT2D eigenvalue weighted by Gasteiger charge is 2.27. The van der Waals surface area contributed by atoms with Gasteiger partial charge < -0.3 is 14.4 Å². The predicted molar refractivity (Wildman–Crippen MR) is 120 cm³/mol. The van der Waals surface area contributed by atoms with Gasteiger partial charge in [-0.25, -0.2) is 27.7 Å². The largest absolute Gasteiger partial charge is 0.473 e. The molecule has 3 heterocycles. The summed E-state index contributed by atoms with van der Waals surface area (Å²) >= 11 is 0. The van der Waals surface area contributed by atoms with E-state index in [4.69, 9.17) is 14.6 Å². The average molecular weight is 493 g/mol. The van der Waals surface area contributed by atoms with Gasteiger partial charge in [0.15, 0.2) is 0 Å². The number of aryl methyl sites for hydroxylation is 1. The van der Waals surface area contributed by atoms with Crippen LogP contribution in [0.1, 0.15) is 26.7 Å². The fourth-order valence-electron chi connectivity index (χ4n) is 3.80. The Balaban J connectivity index is 1.58. The Bertz CT molecular complexity index is 1330. The van der Waals surface area contributed by atoms with Gasteiger partial charge in [0.1, 0.15) is 35.0 Å². The minimum Gasteiger partial charge on any atom is -0.473 e. The number of piperidine rings is 1. The maximum atomic E-state index is 14.8. The van der Waals surface area contributed by atoms with Gasteiger partial charge in [-0.3, -0.25) is 4.68 Å². The zero-order chi connectivity index (χ0) is 24.6. The molecule has 0 spiro atoms. The van der Waals surface area contributed by atoms with Crippen LogP contribution in [-0.2, 0) is 21.8 Å². The number of fused-ring (bicyclic) bond motifs is 1. The van der Waals surface area contributed by atoms with E-state index >= 15 is 0 Å². The predicted octanol–water partition coefficient (Wildman–Crippen LogP) is 2.21. The monoisotopic (exact) mass is 492 g/mol. The zero-order valence-corrected chi connectivity index (χ0v) is 19.7. The van der Waals surface area contributed by atoms with Crippen LogP contribution in [0.15, 0.2) is 29.4 Å². The molecule has 4 rings (SSSR count). The van der Waals surface area contributed by atoms with E-state index in [-0.39, 0.29) is 40.3 Å². The molecule has 2 aromatic heterocycles. The summed E-state index contributed by atoms with van der Waals surface area (Å²) in [5.74, 6) is -0.510. The van der Waals surface area contributed by atoms with Gasteiger partial charge >= 0.3 is 6.09 Å². The van der Waals surface area contributed by atoms with E-state index in [9.17, 15) is 17.6 Å². The highest BCUT2D eigenvalue weighted by atomic mass is 32.2. The van der Waals surface area contributed by atoms with E-state index in [0.717, 1.165) is 6.07 Å². The zero-order valence-electron chi connectivity index (χ0n) is 18.9. The Morgan fingerprint density at radius 2 is 1.94 bits per heavy atom. The molecule has 1 amide bonds. The molecule has 3 aromatic rings. The number of primary sulfonamides is 1. The van der Waals surface area contributed by atoms with Gasteiger partial charge in [-0.1, -0.05) is 0 Å². The van der Waals surface area contributed by atoms with Gasteiger partial charge in [0, 0.05) is 38.5 Å². The number of nitrogens with two attached hydrogens (primary N) is 1. The summed E-state index contributed by atoms with van der Waals surface area (Å²) < 4.78 is 50.6. The molecule has 0 bridgehead atoms. The normalized spacial score (nSPS) is 15.2. The van der Waals surface area contributed by atoms with Gasteiger partial charge in [-0.2, -0.15) is 10.1 Å². The molecule has 1 fully saturated rings. The second-order valence-electron chi connectivity index (χ2n) is 8.27. The van der Waals surface area contributed by atoms with E-state index in [2.05, 4.69) is 15.1 Å². The van der Waals surface area contributed by atoms with E-state index in [1.807, 2.05) is 0 Å². The van der Waals surface area contributed by atoms with Crippen LogP contribution in [-0.4, -0.2) is 64.5 Å². The number of sulfonamides is 1. The second kappa shape index (κ2) is 9.14. The Kier molecular flexibility index (Phi) is 6.41. The first-order valence-electron chi connectivity index (χ1n) is 10.7. The van der Waals surface area contributed by atoms with Gasteiger partial charge in [0.25, 0.3) is 0 Å². The summed E-state index contributed by atoms with van der Waals surface area (Å²) in [5.41, 5.74) is 1.11. The van der Waals surface area contributed by atoms with Crippen LogP contribution in [0.5, 0.6) is 5.88 Å². The van der Waals surface area contributed by atoms with Crippen molar-refractivity contribution < 1.29 is 27.1 Å². The number of aromatic nitrogens is 4. The first kappa shape index (κ1) is 23.8. The summed E-state index contributed by atoms with van der Waals surface area (Å²) in [6.07, 6.45) is 1.76. The van der Waals surface area contributed by atoms with E-state index < -0.39 is 15.8 Å². The number of amides is 1. The third-order valence-corrected chi connectivity index (χ3v) is 6.34. The summed E-state index contributed by atoms with van der Waals surface area (Å²) in [7, 11) is -2.39. The summed E-state index contributed by atoms with van der Waals surface area (Å²) in [6, 6.07) is 3.36. The van der Waals surface area contributed by atoms with Crippen LogP contribution >= 0.6 is 0 Å². The molecule has 0 atom stereocenters. The summed E-state index contributed by atoms with van der Waals surface area (Å²) in [4.78, 5) is 21.9. The van der Waals surface area contributed by atoms with Crippen LogP contribution in [0.25, 0.3) is 22.3 Å². The third-order valence-electron chi connectivity index (χ3n) is 5.43. The van der Waals surface area contributed by atoms with Crippen molar-refractivity contribution >= 4 is 27.1 Å². The maximum Gasteiger partial charge on any atom is 0.410 e. The highest BCUT2D eigenvalue weighted by molar-refractivity contribution is 7.89. The lowest BCUT2D eigenvalue weighted by molar-refractivity contribution is 0.0510. The van der Waals surface area contributed by atoms with Crippen molar-refractivity contribution in [3.63, 3.8) is 0 Å². The molecule has 1 saturated heterocycles. The average Bonchev–Trinajstić information content (AvgIpc) is 3.10. The highest BCUT2D eigenvalue weighted by Crippen LogP contribution is 2.33. The molecule has 182 valence electrons. The molecule has 0 saturated carbocycles. The number of carbonyl (C=O) groups excluding carboxylic acids is 1. The maximum absolute atomic E-state index is 14.8. The number of hydrogen-bond acceptors (Lipinski definition) is 8. The molecule has 34 heavy (non-hydrogen) atoms. The molecule has 0 radical (unpaired) electrons. The molecule has 1 aliphatic heterocycles. The van der Waals surface area contributed by atoms with Crippen molar-refractivity contribution in [2.45, 2.75) is 43.8 Å². The Morgan fingerprint density at radius 3 is 2.56 bits per heavy atom. The van der Waals surface area contributed by atoms with Gasteiger partial charge in [0.05, 0.1) is 11.0 Å². The Hall–Kier alpha value is -3.32. The van der Waals surface area contributed by atoms with Gasteiger partial charge in [0.2, 0.25) is 15.9 Å². The molecular weight excluding hydrogens is 467 g/mol. The van der Waals surface area contributed by atoms with Crippen molar-refractivity contribution in [1.82, 2.24) is 24.6 Å². The number of nitrogens with zero attached hydrogens (tertiary/aromatic N) is 5. The number of rotatable bonds is 5. The topological polar surface area (TPSA) is 143 Å². The van der Waals surface area contributed by atoms with Gasteiger partial charge in [-0.15, -0.1) is 0 Å². The number of likely N-dealkylation sites (tertiary alicyclic amines) is 1. The van der Waals surface area contributed by atoms with Crippen molar-refractivity contribution in [2.24, 2.45) is 12.2 Å². The van der Waals surface area contributed by atoms with Crippen LogP contribution < -0.4 is 9.88 Å². The van der Waals surface area contributed by atoms with Crippen LogP contribution in [0.4, 0.5) is 9.18 Å². The molecular formula is C21H25FN6O5S. The number of ether oxygens (including phenoxy) is 2. The third kappa shape index (κ3) is 4.80. The summed E-state index contributed by atoms with van der Waals surface area (Å²) in [5, 5.41) is 9.46. The quantitative estimate of drug-likeness (QED) is 0.571. The fraction of sp³-hybridized carbons (Fsp3) is 0.429. The lowest BCUT2D eigenvalue weighted by atomic mass is 10.1. The van der Waals surface area contributed by atoms with Crippen LogP contribution in [0.2, 0.25) is 0 Å². The molecule has 11 nitrogen and oxygen atoms in total. The second-order valence-corrected chi connectivity index (χ2v) is 9.83. The standard InChI is InChI=1S/C21H25FN6O5S/c1-12(2)32-21(29)28-8-6-13(7-9-28)33-20-19-18(24-11-25-20)17(26-27(19)3)15-5-4-14(10-16(15)22)34(23,30)31/h4-5,10-13H,6-9H2,1-3H3,(H2,23,30,31). The fourth-order valence-corrected chi connectivity index (χ4v) is 4.32. The lowest BCUT2D eigenvalue weighted by Crippen LogP contribution is -2.42. The first-order valence-corrected chi connectivity index (χ1v) is 12.2. The van der Waals surface area contributed by atoms with Crippen molar-refractivity contribution in [1.29, 1.82) is 0 Å². The van der Waals surface area contributed by atoms with Gasteiger partial charge in [-0.05, 0) is 32.0 Å². The van der Waals surface area contributed by atoms with E-state index in [1.54, 1.807) is 25.8 Å². The number of hydrogen-bond donors (Lipinski definition) is 1. The SMILES string of the molecule is CC(C)OC(=O)N1CCC(Oc2ncnc3c(-c4ccc(S(N)(=O)=O)cc4F)nn(C)c23)CC1. The first-order chi connectivity index (χ1) is 16.0. The molecule has 13 heteroatoms. The molecule has 0 unspecified atom stereocenters. The van der Waals surface area contributed by atoms with E-state index in [1.165, 1.54) is 23.1 Å². The smallest absolute Gasteiger partial charge is 0.410 e. The molecule has 0 aliphatic carbocycles. The molecule has 1 aromatic carbocycles. The summed E-state index contributed by atoms with van der Waals surface area (Å²) in [6.45, 7) is 4.58. The Morgan fingerprint density at radius 1 is 1.24 bits per heavy atom. The van der Waals surface area contributed by atoms with Crippen molar-refractivity contribution in [3.05, 3.63) is 30.3 Å². The number of benzene rings is 1. The number of carbonyl (C=O) groups is 1.